The third kappa shape index (κ3) is 2.77. The molecule has 5 heteroatoms. The molecule has 106 valence electrons. The summed E-state index contributed by atoms with van der Waals surface area (Å²) in [4.78, 5) is 0. The number of halogens is 2. The van der Waals surface area contributed by atoms with Crippen molar-refractivity contribution < 1.29 is 9.13 Å². The van der Waals surface area contributed by atoms with Gasteiger partial charge in [-0.25, -0.2) is 9.82 Å². The van der Waals surface area contributed by atoms with E-state index < -0.39 is 11.9 Å². The molecule has 0 heterocycles. The first-order valence-corrected chi connectivity index (χ1v) is 6.51. The summed E-state index contributed by atoms with van der Waals surface area (Å²) in [5, 5.41) is 0.336. The molecule has 1 unspecified atom stereocenters. The monoisotopic (exact) mass is 294 g/mol. The summed E-state index contributed by atoms with van der Waals surface area (Å²) in [6, 6.07) is 9.58. The summed E-state index contributed by atoms with van der Waals surface area (Å²) < 4.78 is 19.2. The van der Waals surface area contributed by atoms with E-state index in [1.807, 2.05) is 19.1 Å². The Kier molecular flexibility index (Phi) is 4.60. The predicted octanol–water partition coefficient (Wildman–Crippen LogP) is 3.35. The van der Waals surface area contributed by atoms with E-state index in [0.29, 0.717) is 10.6 Å². The second-order valence-electron chi connectivity index (χ2n) is 4.46. The van der Waals surface area contributed by atoms with Gasteiger partial charge in [0.05, 0.1) is 13.2 Å². The molecule has 0 aliphatic carbocycles. The lowest BCUT2D eigenvalue weighted by molar-refractivity contribution is 0.414. The lowest BCUT2D eigenvalue weighted by atomic mass is 9.95. The Labute approximate surface area is 122 Å². The summed E-state index contributed by atoms with van der Waals surface area (Å²) >= 11 is 6.10. The zero-order chi connectivity index (χ0) is 14.7. The van der Waals surface area contributed by atoms with Gasteiger partial charge in [0, 0.05) is 10.6 Å². The van der Waals surface area contributed by atoms with Crippen molar-refractivity contribution in [3.8, 4) is 5.75 Å². The zero-order valence-corrected chi connectivity index (χ0v) is 12.0. The molecule has 3 nitrogen and oxygen atoms in total. The van der Waals surface area contributed by atoms with Gasteiger partial charge in [-0.3, -0.25) is 5.84 Å². The Bertz CT molecular complexity index is 599. The molecule has 0 aromatic heterocycles. The normalized spacial score (nSPS) is 12.2. The summed E-state index contributed by atoms with van der Waals surface area (Å²) in [5.41, 5.74) is 4.75. The van der Waals surface area contributed by atoms with Crippen LogP contribution in [0.25, 0.3) is 0 Å². The van der Waals surface area contributed by atoms with Gasteiger partial charge in [-0.2, -0.15) is 0 Å². The molecule has 0 bridgehead atoms. The number of nitrogens with two attached hydrogens (primary N) is 1. The number of methoxy groups -OCH3 is 1. The third-order valence-corrected chi connectivity index (χ3v) is 3.57. The molecule has 1 atom stereocenters. The fourth-order valence-corrected chi connectivity index (χ4v) is 2.49. The van der Waals surface area contributed by atoms with E-state index in [0.717, 1.165) is 16.9 Å². The van der Waals surface area contributed by atoms with E-state index in [1.165, 1.54) is 6.07 Å². The Morgan fingerprint density at radius 1 is 1.30 bits per heavy atom. The molecular formula is C15H16ClFN2O. The molecular weight excluding hydrogens is 279 g/mol. The first kappa shape index (κ1) is 14.8. The van der Waals surface area contributed by atoms with Crippen LogP contribution in [-0.2, 0) is 0 Å². The van der Waals surface area contributed by atoms with Gasteiger partial charge >= 0.3 is 0 Å². The van der Waals surface area contributed by atoms with E-state index in [1.54, 1.807) is 25.3 Å². The minimum Gasteiger partial charge on any atom is -0.497 e. The van der Waals surface area contributed by atoms with Crippen LogP contribution in [0.5, 0.6) is 5.75 Å². The third-order valence-electron chi connectivity index (χ3n) is 3.24. The van der Waals surface area contributed by atoms with Gasteiger partial charge < -0.3 is 4.74 Å². The van der Waals surface area contributed by atoms with Crippen molar-refractivity contribution in [3.63, 3.8) is 0 Å². The van der Waals surface area contributed by atoms with Crippen molar-refractivity contribution in [1.82, 2.24) is 5.43 Å². The highest BCUT2D eigenvalue weighted by molar-refractivity contribution is 6.31. The Balaban J connectivity index is 2.53. The van der Waals surface area contributed by atoms with Gasteiger partial charge in [0.15, 0.2) is 0 Å². The molecule has 0 saturated heterocycles. The number of hydrazine groups is 1. The maximum atomic E-state index is 14.0. The number of aryl methyl sites for hydroxylation is 1. The molecule has 0 aliphatic rings. The molecule has 0 amide bonds. The number of hydrogen-bond donors (Lipinski definition) is 2. The Morgan fingerprint density at radius 3 is 2.60 bits per heavy atom. The average Bonchev–Trinajstić information content (AvgIpc) is 2.43. The Morgan fingerprint density at radius 2 is 2.05 bits per heavy atom. The fourth-order valence-electron chi connectivity index (χ4n) is 2.21. The molecule has 3 N–H and O–H groups in total. The van der Waals surface area contributed by atoms with Crippen LogP contribution in [0.2, 0.25) is 5.02 Å². The average molecular weight is 295 g/mol. The van der Waals surface area contributed by atoms with Crippen LogP contribution in [0.4, 0.5) is 4.39 Å². The molecule has 0 saturated carbocycles. The zero-order valence-electron chi connectivity index (χ0n) is 11.3. The molecule has 2 aromatic carbocycles. The number of benzene rings is 2. The van der Waals surface area contributed by atoms with Gasteiger partial charge in [-0.05, 0) is 42.3 Å². The van der Waals surface area contributed by atoms with Crippen molar-refractivity contribution in [2.75, 3.05) is 7.11 Å². The van der Waals surface area contributed by atoms with E-state index in [2.05, 4.69) is 5.43 Å². The van der Waals surface area contributed by atoms with Crippen molar-refractivity contribution in [3.05, 3.63) is 63.9 Å². The first-order valence-electron chi connectivity index (χ1n) is 6.13. The lowest BCUT2D eigenvalue weighted by Gasteiger charge is -2.21. The van der Waals surface area contributed by atoms with Crippen LogP contribution >= 0.6 is 11.6 Å². The lowest BCUT2D eigenvalue weighted by Crippen LogP contribution is -2.30. The maximum Gasteiger partial charge on any atom is 0.129 e. The van der Waals surface area contributed by atoms with Crippen molar-refractivity contribution >= 4 is 11.6 Å². The van der Waals surface area contributed by atoms with Gasteiger partial charge in [0.1, 0.15) is 11.6 Å². The number of nitrogens with one attached hydrogen (secondary N) is 1. The summed E-state index contributed by atoms with van der Waals surface area (Å²) in [6.07, 6.45) is 0. The molecule has 20 heavy (non-hydrogen) atoms. The molecule has 2 rings (SSSR count). The summed E-state index contributed by atoms with van der Waals surface area (Å²) in [5.74, 6) is 5.95. The topological polar surface area (TPSA) is 47.3 Å². The van der Waals surface area contributed by atoms with Crippen molar-refractivity contribution in [1.29, 1.82) is 0 Å². The molecule has 0 spiro atoms. The van der Waals surface area contributed by atoms with Gasteiger partial charge in [-0.15, -0.1) is 0 Å². The van der Waals surface area contributed by atoms with E-state index in [9.17, 15) is 4.39 Å². The summed E-state index contributed by atoms with van der Waals surface area (Å²) in [6.45, 7) is 1.91. The minimum absolute atomic E-state index is 0.336. The van der Waals surface area contributed by atoms with Gasteiger partial charge in [0.2, 0.25) is 0 Å². The predicted molar refractivity (Wildman–Crippen MR) is 78.3 cm³/mol. The fraction of sp³-hybridized carbons (Fsp3) is 0.200. The Hall–Kier alpha value is -1.62. The SMILES string of the molecule is COc1ccc(C(NN)c2c(F)cccc2Cl)c(C)c1. The van der Waals surface area contributed by atoms with Gasteiger partial charge in [0.25, 0.3) is 0 Å². The second kappa shape index (κ2) is 6.22. The number of hydrogen-bond acceptors (Lipinski definition) is 3. The largest absolute Gasteiger partial charge is 0.497 e. The maximum absolute atomic E-state index is 14.0. The number of rotatable bonds is 4. The van der Waals surface area contributed by atoms with Crippen LogP contribution < -0.4 is 16.0 Å². The van der Waals surface area contributed by atoms with Crippen LogP contribution in [0.3, 0.4) is 0 Å². The summed E-state index contributed by atoms with van der Waals surface area (Å²) in [7, 11) is 1.60. The standard InChI is InChI=1S/C15H16ClFN2O/c1-9-8-10(20-2)6-7-11(9)15(19-18)14-12(16)4-3-5-13(14)17/h3-8,15,19H,18H2,1-2H3. The van der Waals surface area contributed by atoms with Crippen LogP contribution in [-0.4, -0.2) is 7.11 Å². The van der Waals surface area contributed by atoms with Crippen molar-refractivity contribution in [2.24, 2.45) is 5.84 Å². The molecule has 0 fully saturated rings. The highest BCUT2D eigenvalue weighted by atomic mass is 35.5. The van der Waals surface area contributed by atoms with E-state index in [-0.39, 0.29) is 0 Å². The minimum atomic E-state index is -0.519. The van der Waals surface area contributed by atoms with Crippen LogP contribution in [0.1, 0.15) is 22.7 Å². The highest BCUT2D eigenvalue weighted by Crippen LogP contribution is 2.32. The molecule has 0 radical (unpaired) electrons. The highest BCUT2D eigenvalue weighted by Gasteiger charge is 2.21. The quantitative estimate of drug-likeness (QED) is 0.671. The van der Waals surface area contributed by atoms with Crippen LogP contribution in [0.15, 0.2) is 36.4 Å². The van der Waals surface area contributed by atoms with Crippen molar-refractivity contribution in [2.45, 2.75) is 13.0 Å². The second-order valence-corrected chi connectivity index (χ2v) is 4.86. The smallest absolute Gasteiger partial charge is 0.129 e. The molecule has 0 aliphatic heterocycles. The van der Waals surface area contributed by atoms with E-state index in [4.69, 9.17) is 22.2 Å². The number of ether oxygens (including phenoxy) is 1. The van der Waals surface area contributed by atoms with Crippen LogP contribution in [0, 0.1) is 12.7 Å². The van der Waals surface area contributed by atoms with Gasteiger partial charge in [-0.1, -0.05) is 23.7 Å². The van der Waals surface area contributed by atoms with E-state index >= 15 is 0 Å². The first-order chi connectivity index (χ1) is 9.58. The molecule has 2 aromatic rings.